The number of hydrogen-bond acceptors (Lipinski definition) is 7. The lowest BCUT2D eigenvalue weighted by Crippen LogP contribution is -2.42. The van der Waals surface area contributed by atoms with E-state index in [-0.39, 0.29) is 18.6 Å². The third kappa shape index (κ3) is 4.98. The van der Waals surface area contributed by atoms with Crippen molar-refractivity contribution in [2.24, 2.45) is 4.99 Å². The normalized spacial score (nSPS) is 14.6. The maximum Gasteiger partial charge on any atom is 0.325 e. The number of hydrogen-bond donors (Lipinski definition) is 0. The highest BCUT2D eigenvalue weighted by atomic mass is 79.9. The van der Waals surface area contributed by atoms with Gasteiger partial charge in [-0.05, 0) is 42.8 Å². The Balaban J connectivity index is 1.97. The molecule has 1 aliphatic heterocycles. The minimum absolute atomic E-state index is 0.00878. The second kappa shape index (κ2) is 10.8. The number of amidine groups is 1. The van der Waals surface area contributed by atoms with Crippen molar-refractivity contribution in [2.45, 2.75) is 13.0 Å². The van der Waals surface area contributed by atoms with E-state index in [9.17, 15) is 4.79 Å². The van der Waals surface area contributed by atoms with Crippen molar-refractivity contribution in [3.63, 3.8) is 0 Å². The predicted molar refractivity (Wildman–Crippen MR) is 138 cm³/mol. The summed E-state index contributed by atoms with van der Waals surface area (Å²) in [4.78, 5) is 19.7. The van der Waals surface area contributed by atoms with Gasteiger partial charge in [-0.15, -0.1) is 0 Å². The summed E-state index contributed by atoms with van der Waals surface area (Å²) in [5.74, 6) is 1.74. The highest BCUT2D eigenvalue weighted by molar-refractivity contribution is 9.10. The first-order valence-electron chi connectivity index (χ1n) is 11.2. The first-order valence-corrected chi connectivity index (χ1v) is 12.0. The topological polar surface area (TPSA) is 69.6 Å². The Labute approximate surface area is 213 Å². The molecule has 0 bridgehead atoms. The molecule has 0 N–H and O–H groups in total. The van der Waals surface area contributed by atoms with E-state index in [2.05, 4.69) is 15.9 Å². The van der Waals surface area contributed by atoms with Crippen LogP contribution in [-0.2, 0) is 9.53 Å². The number of aliphatic imine (C=N–C) groups is 1. The number of esters is 1. The zero-order valence-corrected chi connectivity index (χ0v) is 21.7. The number of carbonyl (C=O) groups is 1. The summed E-state index contributed by atoms with van der Waals surface area (Å²) < 4.78 is 22.9. The van der Waals surface area contributed by atoms with Gasteiger partial charge in [-0.2, -0.15) is 0 Å². The number of fused-ring (bicyclic) bond motifs is 1. The highest BCUT2D eigenvalue weighted by Crippen LogP contribution is 2.44. The number of halogens is 1. The lowest BCUT2D eigenvalue weighted by molar-refractivity contribution is -0.143. The minimum atomic E-state index is -0.341. The zero-order valence-electron chi connectivity index (χ0n) is 20.1. The Morgan fingerprint density at radius 3 is 2.26 bits per heavy atom. The number of rotatable bonds is 8. The van der Waals surface area contributed by atoms with Gasteiger partial charge in [0.05, 0.1) is 39.7 Å². The fourth-order valence-corrected chi connectivity index (χ4v) is 4.64. The molecule has 3 aromatic carbocycles. The summed E-state index contributed by atoms with van der Waals surface area (Å²) in [6.45, 7) is 2.10. The molecule has 35 heavy (non-hydrogen) atoms. The summed E-state index contributed by atoms with van der Waals surface area (Å²) in [6, 6.07) is 19.4. The molecule has 0 saturated heterocycles. The first kappa shape index (κ1) is 24.6. The van der Waals surface area contributed by atoms with Crippen LogP contribution < -0.4 is 14.2 Å². The molecule has 0 unspecified atom stereocenters. The molecule has 4 rings (SSSR count). The molecule has 0 fully saturated rings. The van der Waals surface area contributed by atoms with Crippen molar-refractivity contribution in [1.82, 2.24) is 4.90 Å². The minimum Gasteiger partial charge on any atom is -0.493 e. The van der Waals surface area contributed by atoms with Gasteiger partial charge in [-0.25, -0.2) is 4.99 Å². The maximum absolute atomic E-state index is 12.8. The molecule has 182 valence electrons. The van der Waals surface area contributed by atoms with Gasteiger partial charge in [-0.1, -0.05) is 46.3 Å². The van der Waals surface area contributed by atoms with Crippen molar-refractivity contribution in [3.05, 3.63) is 81.8 Å². The molecule has 0 spiro atoms. The summed E-state index contributed by atoms with van der Waals surface area (Å²) in [5, 5.41) is 0. The Hall–Kier alpha value is -3.52. The van der Waals surface area contributed by atoms with Crippen LogP contribution in [0.2, 0.25) is 0 Å². The Morgan fingerprint density at radius 2 is 1.66 bits per heavy atom. The van der Waals surface area contributed by atoms with Gasteiger partial charge in [-0.3, -0.25) is 4.79 Å². The lowest BCUT2D eigenvalue weighted by Gasteiger charge is -2.38. The third-order valence-electron chi connectivity index (χ3n) is 5.74. The fourth-order valence-electron chi connectivity index (χ4n) is 4.26. The third-order valence-corrected chi connectivity index (χ3v) is 6.23. The smallest absolute Gasteiger partial charge is 0.325 e. The molecule has 1 heterocycles. The average molecular weight is 539 g/mol. The number of ether oxygens (including phenoxy) is 4. The average Bonchev–Trinajstić information content (AvgIpc) is 2.88. The van der Waals surface area contributed by atoms with Gasteiger partial charge in [0, 0.05) is 15.6 Å². The second-order valence-electron chi connectivity index (χ2n) is 7.80. The molecule has 0 saturated carbocycles. The van der Waals surface area contributed by atoms with Gasteiger partial charge in [0.25, 0.3) is 0 Å². The SMILES string of the molecule is CCOC(=O)CN1C(c2cc(OC)c(OC)c(OC)c2)=Nc2ccc(Br)cc2[C@H]1c1ccccc1. The Bertz CT molecular complexity index is 1220. The van der Waals surface area contributed by atoms with E-state index in [1.807, 2.05) is 65.6 Å². The van der Waals surface area contributed by atoms with Crippen LogP contribution in [0.15, 0.2) is 70.1 Å². The second-order valence-corrected chi connectivity index (χ2v) is 8.71. The summed E-state index contributed by atoms with van der Waals surface area (Å²) in [6.07, 6.45) is 0. The maximum atomic E-state index is 12.8. The van der Waals surface area contributed by atoms with Crippen molar-refractivity contribution >= 4 is 33.4 Å². The van der Waals surface area contributed by atoms with Crippen molar-refractivity contribution in [2.75, 3.05) is 34.5 Å². The van der Waals surface area contributed by atoms with Crippen LogP contribution in [-0.4, -0.2) is 51.2 Å². The molecule has 0 amide bonds. The fraction of sp³-hybridized carbons (Fsp3) is 0.259. The largest absolute Gasteiger partial charge is 0.493 e. The lowest BCUT2D eigenvalue weighted by atomic mass is 9.92. The van der Waals surface area contributed by atoms with Crippen LogP contribution in [0.5, 0.6) is 17.2 Å². The first-order chi connectivity index (χ1) is 17.0. The zero-order chi connectivity index (χ0) is 24.9. The van der Waals surface area contributed by atoms with Crippen molar-refractivity contribution in [3.8, 4) is 17.2 Å². The van der Waals surface area contributed by atoms with Crippen LogP contribution in [0.25, 0.3) is 0 Å². The molecule has 0 aromatic heterocycles. The number of carbonyl (C=O) groups excluding carboxylic acids is 1. The van der Waals surface area contributed by atoms with Gasteiger partial charge in [0.15, 0.2) is 11.5 Å². The van der Waals surface area contributed by atoms with Gasteiger partial charge < -0.3 is 23.8 Å². The molecular weight excluding hydrogens is 512 g/mol. The monoisotopic (exact) mass is 538 g/mol. The molecule has 3 aromatic rings. The van der Waals surface area contributed by atoms with Gasteiger partial charge >= 0.3 is 5.97 Å². The van der Waals surface area contributed by atoms with Crippen LogP contribution in [0.4, 0.5) is 5.69 Å². The van der Waals surface area contributed by atoms with E-state index in [0.29, 0.717) is 29.7 Å². The van der Waals surface area contributed by atoms with Crippen LogP contribution in [0.3, 0.4) is 0 Å². The Morgan fingerprint density at radius 1 is 0.971 bits per heavy atom. The molecule has 0 radical (unpaired) electrons. The molecular formula is C27H27BrN2O5. The van der Waals surface area contributed by atoms with E-state index in [0.717, 1.165) is 26.9 Å². The number of methoxy groups -OCH3 is 3. The quantitative estimate of drug-likeness (QED) is 0.351. The number of benzene rings is 3. The summed E-state index contributed by atoms with van der Waals surface area (Å²) >= 11 is 3.59. The molecule has 8 heteroatoms. The molecule has 0 aliphatic carbocycles. The summed E-state index contributed by atoms with van der Waals surface area (Å²) in [7, 11) is 4.70. The standard InChI is InChI=1S/C27H27BrN2O5/c1-5-35-24(31)16-30-25(17-9-7-6-8-10-17)20-15-19(28)11-12-21(20)29-27(30)18-13-22(32-2)26(34-4)23(14-18)33-3/h6-15,25H,5,16H2,1-4H3/t25-/m1/s1. The molecule has 1 aliphatic rings. The molecule has 1 atom stereocenters. The predicted octanol–water partition coefficient (Wildman–Crippen LogP) is 5.52. The van der Waals surface area contributed by atoms with Crippen molar-refractivity contribution < 1.29 is 23.7 Å². The van der Waals surface area contributed by atoms with E-state index in [1.54, 1.807) is 28.3 Å². The number of nitrogens with zero attached hydrogens (tertiary/aromatic N) is 2. The van der Waals surface area contributed by atoms with E-state index in [1.165, 1.54) is 0 Å². The van der Waals surface area contributed by atoms with Crippen LogP contribution >= 0.6 is 15.9 Å². The summed E-state index contributed by atoms with van der Waals surface area (Å²) in [5.41, 5.74) is 3.53. The van der Waals surface area contributed by atoms with Gasteiger partial charge in [0.1, 0.15) is 12.4 Å². The van der Waals surface area contributed by atoms with E-state index >= 15 is 0 Å². The van der Waals surface area contributed by atoms with E-state index in [4.69, 9.17) is 23.9 Å². The Kier molecular flexibility index (Phi) is 7.60. The molecule has 7 nitrogen and oxygen atoms in total. The van der Waals surface area contributed by atoms with Crippen LogP contribution in [0, 0.1) is 0 Å². The van der Waals surface area contributed by atoms with Crippen molar-refractivity contribution in [1.29, 1.82) is 0 Å². The van der Waals surface area contributed by atoms with Crippen LogP contribution in [0.1, 0.15) is 29.7 Å². The van der Waals surface area contributed by atoms with E-state index < -0.39 is 0 Å². The highest BCUT2D eigenvalue weighted by Gasteiger charge is 2.34. The van der Waals surface area contributed by atoms with Gasteiger partial charge in [0.2, 0.25) is 5.75 Å².